The first-order valence-corrected chi connectivity index (χ1v) is 9.08. The van der Waals surface area contributed by atoms with E-state index >= 15 is 0 Å². The number of nitro benzene ring substituents is 1. The Kier molecular flexibility index (Phi) is 6.42. The number of rotatable bonds is 8. The molecule has 0 fully saturated rings. The number of nitrogens with one attached hydrogen (secondary N) is 1. The van der Waals surface area contributed by atoms with E-state index in [4.69, 9.17) is 9.47 Å². The van der Waals surface area contributed by atoms with E-state index in [1.54, 1.807) is 66.7 Å². The van der Waals surface area contributed by atoms with E-state index in [9.17, 15) is 14.9 Å². The number of amides is 1. The number of hydrogen-bond acceptors (Lipinski definition) is 5. The predicted octanol–water partition coefficient (Wildman–Crippen LogP) is 4.97. The van der Waals surface area contributed by atoms with Gasteiger partial charge in [0, 0.05) is 11.6 Å². The second kappa shape index (κ2) is 9.36. The van der Waals surface area contributed by atoms with E-state index in [1.165, 1.54) is 6.07 Å². The van der Waals surface area contributed by atoms with Gasteiger partial charge in [-0.05, 0) is 43.3 Å². The van der Waals surface area contributed by atoms with Crippen molar-refractivity contribution in [1.82, 2.24) is 0 Å². The van der Waals surface area contributed by atoms with Gasteiger partial charge in [-0.1, -0.05) is 30.3 Å². The Labute approximate surface area is 168 Å². The molecule has 3 aromatic rings. The molecule has 0 bridgehead atoms. The Morgan fingerprint density at radius 1 is 0.966 bits per heavy atom. The zero-order valence-electron chi connectivity index (χ0n) is 15.8. The summed E-state index contributed by atoms with van der Waals surface area (Å²) in [5.74, 6) is 1.43. The second-order valence-corrected chi connectivity index (χ2v) is 6.11. The molecule has 7 nitrogen and oxygen atoms in total. The topological polar surface area (TPSA) is 90.7 Å². The Hall–Kier alpha value is -3.87. The highest BCUT2D eigenvalue weighted by Crippen LogP contribution is 2.30. The van der Waals surface area contributed by atoms with Crippen LogP contribution in [0.4, 0.5) is 11.4 Å². The molecule has 1 N–H and O–H groups in total. The molecule has 0 spiro atoms. The van der Waals surface area contributed by atoms with Gasteiger partial charge in [0.2, 0.25) is 5.91 Å². The summed E-state index contributed by atoms with van der Waals surface area (Å²) in [5.41, 5.74) is 0.742. The first-order valence-electron chi connectivity index (χ1n) is 9.08. The zero-order chi connectivity index (χ0) is 20.6. The number of ether oxygens (including phenoxy) is 2. The third-order valence-electron chi connectivity index (χ3n) is 4.06. The first-order chi connectivity index (χ1) is 14.1. The van der Waals surface area contributed by atoms with Gasteiger partial charge in [-0.2, -0.15) is 0 Å². The molecule has 3 rings (SSSR count). The SMILES string of the molecule is CCOc1ccc(Oc2ccccc2NC(=O)Cc2ccccc2[N+](=O)[O-])cc1. The Balaban J connectivity index is 1.72. The highest BCUT2D eigenvalue weighted by atomic mass is 16.6. The summed E-state index contributed by atoms with van der Waals surface area (Å²) < 4.78 is 11.3. The molecule has 0 radical (unpaired) electrons. The van der Waals surface area contributed by atoms with Gasteiger partial charge in [0.25, 0.3) is 5.69 Å². The molecule has 148 valence electrons. The molecule has 0 aliphatic rings. The fraction of sp³-hybridized carbons (Fsp3) is 0.136. The molecule has 0 aromatic heterocycles. The van der Waals surface area contributed by atoms with Crippen LogP contribution in [0.25, 0.3) is 0 Å². The predicted molar refractivity (Wildman–Crippen MR) is 110 cm³/mol. The van der Waals surface area contributed by atoms with Crippen LogP contribution < -0.4 is 14.8 Å². The molecule has 29 heavy (non-hydrogen) atoms. The van der Waals surface area contributed by atoms with Gasteiger partial charge in [-0.3, -0.25) is 14.9 Å². The molecule has 3 aromatic carbocycles. The molecule has 0 atom stereocenters. The number of nitro groups is 1. The van der Waals surface area contributed by atoms with E-state index in [0.717, 1.165) is 5.75 Å². The van der Waals surface area contributed by atoms with Crippen molar-refractivity contribution in [2.75, 3.05) is 11.9 Å². The van der Waals surface area contributed by atoms with E-state index in [1.807, 2.05) is 6.92 Å². The summed E-state index contributed by atoms with van der Waals surface area (Å²) in [4.78, 5) is 23.1. The highest BCUT2D eigenvalue weighted by molar-refractivity contribution is 5.94. The van der Waals surface area contributed by atoms with Gasteiger partial charge in [-0.15, -0.1) is 0 Å². The van der Waals surface area contributed by atoms with Gasteiger partial charge in [-0.25, -0.2) is 0 Å². The average molecular weight is 392 g/mol. The maximum atomic E-state index is 12.5. The van der Waals surface area contributed by atoms with Crippen LogP contribution in [0, 0.1) is 10.1 Å². The minimum absolute atomic E-state index is 0.0819. The number of para-hydroxylation sites is 3. The van der Waals surface area contributed by atoms with Crippen LogP contribution in [0.5, 0.6) is 17.2 Å². The van der Waals surface area contributed by atoms with Crippen molar-refractivity contribution in [3.63, 3.8) is 0 Å². The van der Waals surface area contributed by atoms with Gasteiger partial charge in [0.05, 0.1) is 23.6 Å². The van der Waals surface area contributed by atoms with Crippen molar-refractivity contribution >= 4 is 17.3 Å². The van der Waals surface area contributed by atoms with Crippen molar-refractivity contribution in [3.8, 4) is 17.2 Å². The molecule has 1 amide bonds. The Morgan fingerprint density at radius 2 is 1.62 bits per heavy atom. The summed E-state index contributed by atoms with van der Waals surface area (Å²) in [6.07, 6.45) is -0.117. The lowest BCUT2D eigenvalue weighted by atomic mass is 10.1. The van der Waals surface area contributed by atoms with E-state index in [0.29, 0.717) is 29.4 Å². The lowest BCUT2D eigenvalue weighted by molar-refractivity contribution is -0.385. The van der Waals surface area contributed by atoms with Gasteiger partial charge < -0.3 is 14.8 Å². The molecule has 0 saturated carbocycles. The maximum absolute atomic E-state index is 12.5. The molecule has 0 heterocycles. The standard InChI is InChI=1S/C22H20N2O5/c1-2-28-17-11-13-18(14-12-17)29-21-10-6-4-8-19(21)23-22(25)15-16-7-3-5-9-20(16)24(26)27/h3-14H,2,15H2,1H3,(H,23,25). The third kappa shape index (κ3) is 5.32. The summed E-state index contributed by atoms with van der Waals surface area (Å²) in [6.45, 7) is 2.49. The van der Waals surface area contributed by atoms with Crippen molar-refractivity contribution in [2.45, 2.75) is 13.3 Å². The van der Waals surface area contributed by atoms with Crippen LogP contribution >= 0.6 is 0 Å². The second-order valence-electron chi connectivity index (χ2n) is 6.11. The molecular weight excluding hydrogens is 372 g/mol. The summed E-state index contributed by atoms with van der Waals surface area (Å²) in [7, 11) is 0. The van der Waals surface area contributed by atoms with Crippen LogP contribution in [0.1, 0.15) is 12.5 Å². The largest absolute Gasteiger partial charge is 0.494 e. The van der Waals surface area contributed by atoms with E-state index in [-0.39, 0.29) is 18.0 Å². The fourth-order valence-electron chi connectivity index (χ4n) is 2.76. The molecule has 7 heteroatoms. The van der Waals surface area contributed by atoms with Crippen molar-refractivity contribution in [3.05, 3.63) is 88.5 Å². The van der Waals surface area contributed by atoms with Crippen LogP contribution in [-0.2, 0) is 11.2 Å². The number of anilines is 1. The quantitative estimate of drug-likeness (QED) is 0.432. The molecule has 0 saturated heterocycles. The molecule has 0 aliphatic heterocycles. The molecule has 0 unspecified atom stereocenters. The summed E-state index contributed by atoms with van der Waals surface area (Å²) in [6, 6.07) is 20.3. The minimum atomic E-state index is -0.494. The highest BCUT2D eigenvalue weighted by Gasteiger charge is 2.16. The maximum Gasteiger partial charge on any atom is 0.273 e. The third-order valence-corrected chi connectivity index (χ3v) is 4.06. The lowest BCUT2D eigenvalue weighted by Gasteiger charge is -2.13. The normalized spacial score (nSPS) is 10.2. The summed E-state index contributed by atoms with van der Waals surface area (Å²) in [5, 5.41) is 13.9. The first kappa shape index (κ1) is 19.9. The average Bonchev–Trinajstić information content (AvgIpc) is 2.71. The number of benzene rings is 3. The fourth-order valence-corrected chi connectivity index (χ4v) is 2.76. The van der Waals surface area contributed by atoms with Crippen molar-refractivity contribution < 1.29 is 19.2 Å². The van der Waals surface area contributed by atoms with Gasteiger partial charge in [0.15, 0.2) is 5.75 Å². The van der Waals surface area contributed by atoms with E-state index in [2.05, 4.69) is 5.32 Å². The minimum Gasteiger partial charge on any atom is -0.494 e. The van der Waals surface area contributed by atoms with Gasteiger partial charge in [0.1, 0.15) is 11.5 Å². The zero-order valence-corrected chi connectivity index (χ0v) is 15.8. The van der Waals surface area contributed by atoms with Crippen LogP contribution in [0.15, 0.2) is 72.8 Å². The molecular formula is C22H20N2O5. The van der Waals surface area contributed by atoms with Crippen molar-refractivity contribution in [2.24, 2.45) is 0 Å². The van der Waals surface area contributed by atoms with Gasteiger partial charge >= 0.3 is 0 Å². The van der Waals surface area contributed by atoms with Crippen LogP contribution in [-0.4, -0.2) is 17.4 Å². The Bertz CT molecular complexity index is 1000. The van der Waals surface area contributed by atoms with Crippen molar-refractivity contribution in [1.29, 1.82) is 0 Å². The molecule has 0 aliphatic carbocycles. The number of carbonyl (C=O) groups is 1. The summed E-state index contributed by atoms with van der Waals surface area (Å²) >= 11 is 0. The number of carbonyl (C=O) groups excluding carboxylic acids is 1. The lowest BCUT2D eigenvalue weighted by Crippen LogP contribution is -2.15. The Morgan fingerprint density at radius 3 is 2.34 bits per heavy atom. The number of nitrogens with zero attached hydrogens (tertiary/aromatic N) is 1. The van der Waals surface area contributed by atoms with E-state index < -0.39 is 4.92 Å². The van der Waals surface area contributed by atoms with Crippen LogP contribution in [0.3, 0.4) is 0 Å². The number of hydrogen-bond donors (Lipinski definition) is 1. The monoisotopic (exact) mass is 392 g/mol. The smallest absolute Gasteiger partial charge is 0.273 e. The van der Waals surface area contributed by atoms with Crippen LogP contribution in [0.2, 0.25) is 0 Å².